The minimum absolute atomic E-state index is 0.520. The van der Waals surface area contributed by atoms with Crippen molar-refractivity contribution in [1.29, 1.82) is 0 Å². The van der Waals surface area contributed by atoms with Gasteiger partial charge >= 0.3 is 0 Å². The van der Waals surface area contributed by atoms with Crippen LogP contribution >= 0.6 is 11.6 Å². The van der Waals surface area contributed by atoms with Gasteiger partial charge < -0.3 is 5.11 Å². The molecule has 1 saturated carbocycles. The summed E-state index contributed by atoms with van der Waals surface area (Å²) >= 11 is 6.06. The zero-order chi connectivity index (χ0) is 21.6. The van der Waals surface area contributed by atoms with E-state index in [1.807, 2.05) is 53.0 Å². The van der Waals surface area contributed by atoms with Gasteiger partial charge in [0.15, 0.2) is 5.65 Å². The second-order valence-electron chi connectivity index (χ2n) is 8.53. The van der Waals surface area contributed by atoms with E-state index in [0.29, 0.717) is 10.9 Å². The van der Waals surface area contributed by atoms with Crippen molar-refractivity contribution in [2.24, 2.45) is 0 Å². The lowest BCUT2D eigenvalue weighted by Crippen LogP contribution is -2.14. The second-order valence-corrected chi connectivity index (χ2v) is 8.96. The van der Waals surface area contributed by atoms with Gasteiger partial charge in [0.1, 0.15) is 0 Å². The van der Waals surface area contributed by atoms with Crippen LogP contribution in [0.3, 0.4) is 0 Å². The van der Waals surface area contributed by atoms with E-state index in [1.165, 1.54) is 18.5 Å². The molecule has 5 rings (SSSR count). The quantitative estimate of drug-likeness (QED) is 0.436. The molecular formula is C26H22ClN3O. The SMILES string of the molecule is CC(C)(O)c1ccc(C#Cc2cnn3c(C4CC4)cc(-c4ccc(Cl)cc4)nc23)cc1. The number of hydrogen-bond donors (Lipinski definition) is 1. The zero-order valence-electron chi connectivity index (χ0n) is 17.4. The van der Waals surface area contributed by atoms with E-state index in [4.69, 9.17) is 16.6 Å². The molecule has 0 amide bonds. The number of aromatic nitrogens is 3. The minimum Gasteiger partial charge on any atom is -0.386 e. The number of fused-ring (bicyclic) bond motifs is 1. The average Bonchev–Trinajstić information content (AvgIpc) is 3.52. The normalized spacial score (nSPS) is 13.8. The lowest BCUT2D eigenvalue weighted by Gasteiger charge is -2.17. The predicted molar refractivity (Wildman–Crippen MR) is 123 cm³/mol. The molecule has 0 bridgehead atoms. The predicted octanol–water partition coefficient (Wildman–Crippen LogP) is 5.55. The number of halogens is 1. The van der Waals surface area contributed by atoms with E-state index in [2.05, 4.69) is 23.0 Å². The Balaban J connectivity index is 1.56. The van der Waals surface area contributed by atoms with E-state index in [0.717, 1.165) is 33.6 Å². The molecule has 31 heavy (non-hydrogen) atoms. The van der Waals surface area contributed by atoms with Gasteiger partial charge in [0, 0.05) is 27.8 Å². The Kier molecular flexibility index (Phi) is 4.81. The molecule has 2 aromatic heterocycles. The maximum Gasteiger partial charge on any atom is 0.171 e. The van der Waals surface area contributed by atoms with Gasteiger partial charge in [-0.2, -0.15) is 5.10 Å². The Morgan fingerprint density at radius 2 is 1.74 bits per heavy atom. The molecule has 0 spiro atoms. The van der Waals surface area contributed by atoms with E-state index >= 15 is 0 Å². The number of benzene rings is 2. The summed E-state index contributed by atoms with van der Waals surface area (Å²) in [4.78, 5) is 4.89. The maximum atomic E-state index is 10.1. The summed E-state index contributed by atoms with van der Waals surface area (Å²) in [6.45, 7) is 3.54. The van der Waals surface area contributed by atoms with E-state index in [9.17, 15) is 5.11 Å². The van der Waals surface area contributed by atoms with Crippen molar-refractivity contribution in [3.63, 3.8) is 0 Å². The third-order valence-corrected chi connectivity index (χ3v) is 5.82. The van der Waals surface area contributed by atoms with Gasteiger partial charge in [-0.15, -0.1) is 0 Å². The highest BCUT2D eigenvalue weighted by Gasteiger charge is 2.28. The summed E-state index contributed by atoms with van der Waals surface area (Å²) in [5.74, 6) is 6.96. The van der Waals surface area contributed by atoms with Crippen molar-refractivity contribution >= 4 is 17.2 Å². The number of hydrogen-bond acceptors (Lipinski definition) is 3. The summed E-state index contributed by atoms with van der Waals surface area (Å²) in [5, 5.41) is 15.4. The van der Waals surface area contributed by atoms with Crippen LogP contribution in [0, 0.1) is 11.8 Å². The standard InChI is InChI=1S/C26H22ClN3O/c1-26(2,31)21-11-4-17(5-12-21)3-6-20-16-28-30-24(19-7-8-19)15-23(29-25(20)30)18-9-13-22(27)14-10-18/h4-5,9-16,19,31H,7-8H2,1-2H3. The van der Waals surface area contributed by atoms with Crippen molar-refractivity contribution in [3.8, 4) is 23.1 Å². The largest absolute Gasteiger partial charge is 0.386 e. The van der Waals surface area contributed by atoms with Crippen LogP contribution in [0.2, 0.25) is 5.02 Å². The van der Waals surface area contributed by atoms with Crippen molar-refractivity contribution < 1.29 is 5.11 Å². The smallest absolute Gasteiger partial charge is 0.171 e. The fourth-order valence-electron chi connectivity index (χ4n) is 3.61. The lowest BCUT2D eigenvalue weighted by molar-refractivity contribution is 0.0786. The second kappa shape index (κ2) is 7.53. The molecule has 4 nitrogen and oxygen atoms in total. The van der Waals surface area contributed by atoms with Crippen LogP contribution in [0.25, 0.3) is 16.9 Å². The Bertz CT molecular complexity index is 1320. The highest BCUT2D eigenvalue weighted by Crippen LogP contribution is 2.41. The molecule has 1 fully saturated rings. The molecule has 0 radical (unpaired) electrons. The molecule has 2 aromatic carbocycles. The van der Waals surface area contributed by atoms with Crippen molar-refractivity contribution in [2.75, 3.05) is 0 Å². The number of rotatable bonds is 3. The first-order valence-corrected chi connectivity index (χ1v) is 10.8. The molecule has 0 aliphatic heterocycles. The van der Waals surface area contributed by atoms with Crippen LogP contribution in [0.5, 0.6) is 0 Å². The van der Waals surface area contributed by atoms with E-state index in [1.54, 1.807) is 20.0 Å². The molecule has 4 aromatic rings. The van der Waals surface area contributed by atoms with Gasteiger partial charge in [0.25, 0.3) is 0 Å². The van der Waals surface area contributed by atoms with Gasteiger partial charge in [-0.1, -0.05) is 47.7 Å². The first-order valence-electron chi connectivity index (χ1n) is 10.4. The van der Waals surface area contributed by atoms with Gasteiger partial charge in [0.2, 0.25) is 0 Å². The lowest BCUT2D eigenvalue weighted by atomic mass is 9.97. The summed E-state index contributed by atoms with van der Waals surface area (Å²) in [5.41, 5.74) is 5.55. The fraction of sp³-hybridized carbons (Fsp3) is 0.231. The first kappa shape index (κ1) is 19.8. The molecule has 1 N–H and O–H groups in total. The topological polar surface area (TPSA) is 50.4 Å². The monoisotopic (exact) mass is 427 g/mol. The Morgan fingerprint density at radius 1 is 1.03 bits per heavy atom. The highest BCUT2D eigenvalue weighted by atomic mass is 35.5. The van der Waals surface area contributed by atoms with Gasteiger partial charge in [-0.05, 0) is 62.6 Å². The molecular weight excluding hydrogens is 406 g/mol. The summed E-state index contributed by atoms with van der Waals surface area (Å²) in [6, 6.07) is 17.5. The molecule has 0 atom stereocenters. The van der Waals surface area contributed by atoms with Crippen LogP contribution in [0.15, 0.2) is 60.8 Å². The molecule has 0 unspecified atom stereocenters. The van der Waals surface area contributed by atoms with Gasteiger partial charge in [-0.25, -0.2) is 9.50 Å². The zero-order valence-corrected chi connectivity index (χ0v) is 18.2. The summed E-state index contributed by atoms with van der Waals surface area (Å²) in [7, 11) is 0. The first-order chi connectivity index (χ1) is 14.9. The molecule has 2 heterocycles. The third kappa shape index (κ3) is 4.07. The van der Waals surface area contributed by atoms with E-state index < -0.39 is 5.60 Å². The van der Waals surface area contributed by atoms with E-state index in [-0.39, 0.29) is 0 Å². The van der Waals surface area contributed by atoms with Crippen LogP contribution in [0.4, 0.5) is 0 Å². The van der Waals surface area contributed by atoms with Crippen molar-refractivity contribution in [2.45, 2.75) is 38.2 Å². The molecule has 1 aliphatic carbocycles. The molecule has 154 valence electrons. The number of aliphatic hydroxyl groups is 1. The number of nitrogens with zero attached hydrogens (tertiary/aromatic N) is 3. The highest BCUT2D eigenvalue weighted by molar-refractivity contribution is 6.30. The Morgan fingerprint density at radius 3 is 2.39 bits per heavy atom. The van der Waals surface area contributed by atoms with Gasteiger partial charge in [-0.3, -0.25) is 0 Å². The van der Waals surface area contributed by atoms with Crippen LogP contribution < -0.4 is 0 Å². The van der Waals surface area contributed by atoms with Crippen molar-refractivity contribution in [3.05, 3.63) is 88.2 Å². The Labute approximate surface area is 186 Å². The van der Waals surface area contributed by atoms with Crippen LogP contribution in [-0.4, -0.2) is 19.7 Å². The molecule has 5 heteroatoms. The third-order valence-electron chi connectivity index (χ3n) is 5.57. The summed E-state index contributed by atoms with van der Waals surface area (Å²) in [6.07, 6.45) is 4.14. The fourth-order valence-corrected chi connectivity index (χ4v) is 3.74. The molecule has 1 aliphatic rings. The average molecular weight is 428 g/mol. The molecule has 0 saturated heterocycles. The minimum atomic E-state index is -0.865. The van der Waals surface area contributed by atoms with Gasteiger partial charge in [0.05, 0.1) is 23.1 Å². The maximum absolute atomic E-state index is 10.1. The van der Waals surface area contributed by atoms with Crippen LogP contribution in [0.1, 0.15) is 55.0 Å². The Hall–Kier alpha value is -3.13. The summed E-state index contributed by atoms with van der Waals surface area (Å²) < 4.78 is 1.93. The van der Waals surface area contributed by atoms with Crippen molar-refractivity contribution in [1.82, 2.24) is 14.6 Å². The van der Waals surface area contributed by atoms with Crippen LogP contribution in [-0.2, 0) is 5.60 Å².